The highest BCUT2D eigenvalue weighted by Gasteiger charge is 2.50. The van der Waals surface area contributed by atoms with E-state index in [0.717, 1.165) is 11.1 Å². The minimum Gasteiger partial charge on any atom is -0.444 e. The third kappa shape index (κ3) is 3.74. The summed E-state index contributed by atoms with van der Waals surface area (Å²) in [5.41, 5.74) is 8.20. The van der Waals surface area contributed by atoms with Gasteiger partial charge in [0.05, 0.1) is 12.2 Å². The molecule has 0 bridgehead atoms. The van der Waals surface area contributed by atoms with Crippen molar-refractivity contribution < 1.29 is 14.3 Å². The highest BCUT2D eigenvalue weighted by Crippen LogP contribution is 2.41. The first-order valence-electron chi connectivity index (χ1n) is 9.88. The highest BCUT2D eigenvalue weighted by molar-refractivity contribution is 6.31. The van der Waals surface area contributed by atoms with E-state index in [0.29, 0.717) is 41.7 Å². The number of carbonyl (C=O) groups excluding carboxylic acids is 1. The van der Waals surface area contributed by atoms with Crippen LogP contribution in [0.3, 0.4) is 0 Å². The maximum Gasteiger partial charge on any atom is 0.332 e. The van der Waals surface area contributed by atoms with Gasteiger partial charge in [0, 0.05) is 18.0 Å². The molecule has 5 nitrogen and oxygen atoms in total. The van der Waals surface area contributed by atoms with E-state index in [-0.39, 0.29) is 5.91 Å². The van der Waals surface area contributed by atoms with Gasteiger partial charge in [-0.15, -0.1) is 0 Å². The number of amides is 1. The molecule has 0 aliphatic carbocycles. The Kier molecular flexibility index (Phi) is 5.66. The molecule has 0 spiro atoms. The van der Waals surface area contributed by atoms with Gasteiger partial charge in [0.25, 0.3) is 0 Å². The highest BCUT2D eigenvalue weighted by atomic mass is 35.5. The van der Waals surface area contributed by atoms with Gasteiger partial charge in [-0.2, -0.15) is 0 Å². The number of nitrogens with two attached hydrogens (primary N) is 1. The van der Waals surface area contributed by atoms with Crippen LogP contribution in [0.1, 0.15) is 24.5 Å². The van der Waals surface area contributed by atoms with Gasteiger partial charge < -0.3 is 15.2 Å². The van der Waals surface area contributed by atoms with Gasteiger partial charge in [0.1, 0.15) is 11.5 Å². The lowest BCUT2D eigenvalue weighted by atomic mass is 10.1. The van der Waals surface area contributed by atoms with Gasteiger partial charge >= 0.3 is 11.7 Å². The van der Waals surface area contributed by atoms with Crippen molar-refractivity contribution in [2.24, 2.45) is 5.73 Å². The molecule has 4 rings (SSSR count). The summed E-state index contributed by atoms with van der Waals surface area (Å²) < 4.78 is 12.3. The molecule has 30 heavy (non-hydrogen) atoms. The topological polar surface area (TPSA) is 64.8 Å². The van der Waals surface area contributed by atoms with Gasteiger partial charge in [0.2, 0.25) is 0 Å². The van der Waals surface area contributed by atoms with Crippen molar-refractivity contribution in [1.82, 2.24) is 0 Å². The van der Waals surface area contributed by atoms with Crippen molar-refractivity contribution in [2.75, 3.05) is 4.90 Å². The first-order valence-corrected chi connectivity index (χ1v) is 10.3. The Morgan fingerprint density at radius 2 is 1.73 bits per heavy atom. The van der Waals surface area contributed by atoms with E-state index in [2.05, 4.69) is 0 Å². The zero-order chi connectivity index (χ0) is 21.1. The van der Waals surface area contributed by atoms with Crippen LogP contribution >= 0.6 is 11.6 Å². The van der Waals surface area contributed by atoms with Crippen LogP contribution in [0.2, 0.25) is 5.02 Å². The van der Waals surface area contributed by atoms with E-state index in [1.165, 1.54) is 0 Å². The monoisotopic (exact) mass is 422 g/mol. The number of rotatable bonds is 6. The summed E-state index contributed by atoms with van der Waals surface area (Å²) in [7, 11) is 0. The number of carbonyl (C=O) groups is 1. The van der Waals surface area contributed by atoms with E-state index in [1.807, 2.05) is 67.6 Å². The maximum absolute atomic E-state index is 13.7. The number of hydrogen-bond donors (Lipinski definition) is 1. The molecule has 0 radical (unpaired) electrons. The molecule has 0 saturated heterocycles. The van der Waals surface area contributed by atoms with Gasteiger partial charge in [-0.3, -0.25) is 9.69 Å². The van der Waals surface area contributed by atoms with Crippen LogP contribution in [-0.4, -0.2) is 11.7 Å². The summed E-state index contributed by atoms with van der Waals surface area (Å²) in [5.74, 6) is -0.615. The molecule has 2 N–H and O–H groups in total. The minimum atomic E-state index is -1.47. The summed E-state index contributed by atoms with van der Waals surface area (Å²) in [6, 6.07) is 22.3. The minimum absolute atomic E-state index is 0.272. The summed E-state index contributed by atoms with van der Waals surface area (Å²) in [6.45, 7) is 2.62. The summed E-state index contributed by atoms with van der Waals surface area (Å²) in [4.78, 5) is 15.4. The molecular weight excluding hydrogens is 400 g/mol. The first-order chi connectivity index (χ1) is 14.6. The molecule has 1 unspecified atom stereocenters. The number of benzene rings is 3. The Morgan fingerprint density at radius 1 is 1.03 bits per heavy atom. The van der Waals surface area contributed by atoms with E-state index in [4.69, 9.17) is 26.8 Å². The Labute approximate surface area is 181 Å². The summed E-state index contributed by atoms with van der Waals surface area (Å²) in [6.07, 6.45) is 0.331. The second-order valence-corrected chi connectivity index (χ2v) is 7.52. The second kappa shape index (κ2) is 8.38. The van der Waals surface area contributed by atoms with Crippen molar-refractivity contribution in [3.05, 3.63) is 88.9 Å². The Hall–Kier alpha value is -3.02. The summed E-state index contributed by atoms with van der Waals surface area (Å²) >= 11 is 6.37. The zero-order valence-electron chi connectivity index (χ0n) is 16.7. The number of anilines is 1. The van der Waals surface area contributed by atoms with Crippen LogP contribution in [0.5, 0.6) is 11.5 Å². The average Bonchev–Trinajstić information content (AvgIpc) is 2.78. The molecule has 1 heterocycles. The van der Waals surface area contributed by atoms with Crippen LogP contribution in [0.4, 0.5) is 5.69 Å². The molecule has 6 heteroatoms. The predicted molar refractivity (Wildman–Crippen MR) is 118 cm³/mol. The van der Waals surface area contributed by atoms with Gasteiger partial charge in [0.15, 0.2) is 0 Å². The molecule has 0 saturated carbocycles. The van der Waals surface area contributed by atoms with Gasteiger partial charge in [-0.05, 0) is 41.5 Å². The van der Waals surface area contributed by atoms with E-state index in [9.17, 15) is 4.79 Å². The van der Waals surface area contributed by atoms with E-state index < -0.39 is 5.79 Å². The Morgan fingerprint density at radius 3 is 2.43 bits per heavy atom. The number of ether oxygens (including phenoxy) is 2. The third-order valence-corrected chi connectivity index (χ3v) is 5.56. The third-order valence-electron chi connectivity index (χ3n) is 5.20. The van der Waals surface area contributed by atoms with Crippen LogP contribution in [0.25, 0.3) is 0 Å². The normalized spacial score (nSPS) is 18.0. The number of nitrogens with zero attached hydrogens (tertiary/aromatic N) is 1. The molecule has 3 aromatic carbocycles. The smallest absolute Gasteiger partial charge is 0.332 e. The van der Waals surface area contributed by atoms with E-state index in [1.54, 1.807) is 17.0 Å². The zero-order valence-corrected chi connectivity index (χ0v) is 17.4. The Balaban J connectivity index is 1.73. The average molecular weight is 423 g/mol. The van der Waals surface area contributed by atoms with Crippen LogP contribution in [-0.2, 0) is 17.9 Å². The molecule has 0 aromatic heterocycles. The number of hydrogen-bond acceptors (Lipinski definition) is 4. The maximum atomic E-state index is 13.7. The Bertz CT molecular complexity index is 1050. The molecule has 1 aliphatic rings. The standard InChI is InChI=1S/C24H23ClN2O3/c1-2-24(29-19-13-11-17(15-26)12-14-19)23(28)27(16-18-7-3-4-8-20(18)25)21-9-5-6-10-22(21)30-24/h3-14H,2,15-16,26H2,1H3. The molecular formula is C24H23ClN2O3. The first kappa shape index (κ1) is 20.3. The molecule has 1 atom stereocenters. The van der Waals surface area contributed by atoms with Gasteiger partial charge in [-0.1, -0.05) is 61.0 Å². The van der Waals surface area contributed by atoms with Crippen molar-refractivity contribution in [3.8, 4) is 11.5 Å². The van der Waals surface area contributed by atoms with Crippen molar-refractivity contribution >= 4 is 23.2 Å². The summed E-state index contributed by atoms with van der Waals surface area (Å²) in [5, 5.41) is 0.606. The molecule has 154 valence electrons. The number of para-hydroxylation sites is 2. The number of fused-ring (bicyclic) bond motifs is 1. The predicted octanol–water partition coefficient (Wildman–Crippen LogP) is 4.91. The van der Waals surface area contributed by atoms with E-state index >= 15 is 0 Å². The lowest BCUT2D eigenvalue weighted by Crippen LogP contribution is -2.59. The number of halogens is 1. The molecule has 0 fully saturated rings. The van der Waals surface area contributed by atoms with Crippen LogP contribution < -0.4 is 20.1 Å². The van der Waals surface area contributed by atoms with Crippen LogP contribution in [0.15, 0.2) is 72.8 Å². The molecule has 3 aromatic rings. The largest absolute Gasteiger partial charge is 0.444 e. The van der Waals surface area contributed by atoms with Crippen molar-refractivity contribution in [1.29, 1.82) is 0 Å². The molecule has 1 aliphatic heterocycles. The van der Waals surface area contributed by atoms with Crippen molar-refractivity contribution in [2.45, 2.75) is 32.2 Å². The van der Waals surface area contributed by atoms with Crippen LogP contribution in [0, 0.1) is 0 Å². The quantitative estimate of drug-likeness (QED) is 0.613. The second-order valence-electron chi connectivity index (χ2n) is 7.11. The fourth-order valence-corrected chi connectivity index (χ4v) is 3.70. The van der Waals surface area contributed by atoms with Crippen molar-refractivity contribution in [3.63, 3.8) is 0 Å². The fourth-order valence-electron chi connectivity index (χ4n) is 3.50. The molecule has 1 amide bonds. The SMILES string of the molecule is CCC1(Oc2ccc(CN)cc2)Oc2ccccc2N(Cc2ccccc2Cl)C1=O. The van der Waals surface area contributed by atoms with Gasteiger partial charge in [-0.25, -0.2) is 0 Å². The lowest BCUT2D eigenvalue weighted by molar-refractivity contribution is -0.167. The lowest BCUT2D eigenvalue weighted by Gasteiger charge is -2.41. The fraction of sp³-hybridized carbons (Fsp3) is 0.208.